The van der Waals surface area contributed by atoms with Crippen LogP contribution in [0.25, 0.3) is 11.1 Å². The summed E-state index contributed by atoms with van der Waals surface area (Å²) >= 11 is 0. The maximum absolute atomic E-state index is 11.2. The lowest BCUT2D eigenvalue weighted by atomic mass is 10.1. The molecule has 0 radical (unpaired) electrons. The Hall–Kier alpha value is -2.43. The fraction of sp³-hybridized carbons (Fsp3) is 0. The molecule has 2 aliphatic rings. The zero-order valence-corrected chi connectivity index (χ0v) is 8.18. The molecule has 0 bridgehead atoms. The molecule has 0 aromatic heterocycles. The van der Waals surface area contributed by atoms with Gasteiger partial charge in [0.25, 0.3) is 0 Å². The first-order valence-corrected chi connectivity index (χ1v) is 4.51. The van der Waals surface area contributed by atoms with Crippen molar-refractivity contribution in [1.29, 1.82) is 0 Å². The van der Waals surface area contributed by atoms with Crippen molar-refractivity contribution in [1.82, 2.24) is 4.98 Å². The first-order valence-electron chi connectivity index (χ1n) is 4.51. The summed E-state index contributed by atoms with van der Waals surface area (Å²) in [5, 5.41) is 8.99. The van der Waals surface area contributed by atoms with Gasteiger partial charge in [0, 0.05) is 18.0 Å². The second kappa shape index (κ2) is 3.62. The highest BCUT2D eigenvalue weighted by molar-refractivity contribution is 6.08. The van der Waals surface area contributed by atoms with Crippen LogP contribution in [0.15, 0.2) is 30.6 Å². The highest BCUT2D eigenvalue weighted by Gasteiger charge is 2.21. The standard InChI is InChI=1S/C11H8N2O3/c12-10(14)8-5-9(11(15)16)7-2-4-13-3-1-6(7)8/h1-5H,(H2,12,14)(H,15,16). The fourth-order valence-electron chi connectivity index (χ4n) is 1.61. The average Bonchev–Trinajstić information content (AvgIpc) is 2.41. The summed E-state index contributed by atoms with van der Waals surface area (Å²) in [4.78, 5) is 26.0. The van der Waals surface area contributed by atoms with Crippen LogP contribution >= 0.6 is 0 Å². The minimum atomic E-state index is -1.09. The average molecular weight is 216 g/mol. The quantitative estimate of drug-likeness (QED) is 0.782. The Labute approximate surface area is 90.9 Å². The first kappa shape index (κ1) is 10.1. The lowest BCUT2D eigenvalue weighted by Crippen LogP contribution is -2.10. The molecule has 1 heterocycles. The third-order valence-corrected chi connectivity index (χ3v) is 2.31. The minimum Gasteiger partial charge on any atom is -0.478 e. The Morgan fingerprint density at radius 3 is 2.19 bits per heavy atom. The molecule has 16 heavy (non-hydrogen) atoms. The number of nitrogens with two attached hydrogens (primary N) is 1. The van der Waals surface area contributed by atoms with Gasteiger partial charge in [0.2, 0.25) is 5.91 Å². The molecule has 1 amide bonds. The van der Waals surface area contributed by atoms with Crippen LogP contribution in [0.2, 0.25) is 0 Å². The van der Waals surface area contributed by atoms with Crippen LogP contribution < -0.4 is 5.73 Å². The summed E-state index contributed by atoms with van der Waals surface area (Å²) in [6.45, 7) is 0. The number of aromatic nitrogens is 1. The number of hydrogen-bond donors (Lipinski definition) is 2. The molecule has 5 nitrogen and oxygen atoms in total. The number of aromatic carboxylic acids is 1. The summed E-state index contributed by atoms with van der Waals surface area (Å²) in [6.07, 6.45) is 2.96. The molecule has 80 valence electrons. The maximum Gasteiger partial charge on any atom is 0.336 e. The summed E-state index contributed by atoms with van der Waals surface area (Å²) in [7, 11) is 0. The second-order valence-corrected chi connectivity index (χ2v) is 3.25. The van der Waals surface area contributed by atoms with Crippen LogP contribution in [0, 0.1) is 0 Å². The number of primary amides is 1. The van der Waals surface area contributed by atoms with E-state index in [1.54, 1.807) is 12.1 Å². The van der Waals surface area contributed by atoms with E-state index in [9.17, 15) is 9.59 Å². The van der Waals surface area contributed by atoms with Gasteiger partial charge in [0.15, 0.2) is 0 Å². The number of fused-ring (bicyclic) bond motifs is 1. The van der Waals surface area contributed by atoms with Crippen LogP contribution in [0.1, 0.15) is 20.7 Å². The van der Waals surface area contributed by atoms with Gasteiger partial charge in [-0.2, -0.15) is 0 Å². The molecule has 2 rings (SSSR count). The number of carbonyl (C=O) groups excluding carboxylic acids is 1. The van der Waals surface area contributed by atoms with Gasteiger partial charge >= 0.3 is 5.97 Å². The van der Waals surface area contributed by atoms with Crippen molar-refractivity contribution in [3.63, 3.8) is 0 Å². The Morgan fingerprint density at radius 1 is 1.12 bits per heavy atom. The first-order chi connectivity index (χ1) is 7.61. The van der Waals surface area contributed by atoms with Gasteiger partial charge in [-0.3, -0.25) is 9.78 Å². The minimum absolute atomic E-state index is 0.0572. The Kier molecular flexibility index (Phi) is 2.28. The molecule has 0 aromatic rings. The van der Waals surface area contributed by atoms with E-state index >= 15 is 0 Å². The van der Waals surface area contributed by atoms with E-state index < -0.39 is 11.9 Å². The second-order valence-electron chi connectivity index (χ2n) is 3.25. The van der Waals surface area contributed by atoms with Crippen molar-refractivity contribution in [3.8, 4) is 11.1 Å². The molecule has 0 spiro atoms. The lowest BCUT2D eigenvalue weighted by molar-refractivity contribution is 0.0698. The third-order valence-electron chi connectivity index (χ3n) is 2.31. The predicted molar refractivity (Wildman–Crippen MR) is 56.3 cm³/mol. The van der Waals surface area contributed by atoms with E-state index in [0.717, 1.165) is 0 Å². The molecular formula is C11H8N2O3. The molecule has 3 N–H and O–H groups in total. The number of amides is 1. The highest BCUT2D eigenvalue weighted by atomic mass is 16.4. The van der Waals surface area contributed by atoms with Gasteiger partial charge in [-0.15, -0.1) is 0 Å². The van der Waals surface area contributed by atoms with E-state index in [4.69, 9.17) is 10.8 Å². The zero-order valence-electron chi connectivity index (χ0n) is 8.18. The van der Waals surface area contributed by atoms with Crippen molar-refractivity contribution in [2.45, 2.75) is 0 Å². The van der Waals surface area contributed by atoms with Gasteiger partial charge in [-0.25, -0.2) is 4.79 Å². The van der Waals surface area contributed by atoms with Crippen LogP contribution in [0.3, 0.4) is 0 Å². The van der Waals surface area contributed by atoms with Crippen LogP contribution in [-0.4, -0.2) is 22.0 Å². The van der Waals surface area contributed by atoms with E-state index in [0.29, 0.717) is 11.1 Å². The van der Waals surface area contributed by atoms with Gasteiger partial charge < -0.3 is 10.8 Å². The molecule has 0 aromatic carbocycles. The van der Waals surface area contributed by atoms with Crippen molar-refractivity contribution < 1.29 is 14.7 Å². The Balaban J connectivity index is 2.79. The monoisotopic (exact) mass is 216 g/mol. The molecular weight excluding hydrogens is 208 g/mol. The van der Waals surface area contributed by atoms with Crippen molar-refractivity contribution in [2.75, 3.05) is 0 Å². The third kappa shape index (κ3) is 1.48. The lowest BCUT2D eigenvalue weighted by Gasteiger charge is -1.96. The van der Waals surface area contributed by atoms with Crippen molar-refractivity contribution in [2.24, 2.45) is 5.73 Å². The van der Waals surface area contributed by atoms with E-state index in [2.05, 4.69) is 4.98 Å². The smallest absolute Gasteiger partial charge is 0.336 e. The summed E-state index contributed by atoms with van der Waals surface area (Å²) in [5.74, 6) is -1.74. The van der Waals surface area contributed by atoms with Crippen LogP contribution in [0.5, 0.6) is 0 Å². The zero-order chi connectivity index (χ0) is 11.7. The molecule has 0 fully saturated rings. The number of nitrogens with zero attached hydrogens (tertiary/aromatic N) is 1. The van der Waals surface area contributed by atoms with Gasteiger partial charge in [-0.1, -0.05) is 0 Å². The molecule has 0 saturated carbocycles. The van der Waals surface area contributed by atoms with Crippen LogP contribution in [0.4, 0.5) is 0 Å². The Morgan fingerprint density at radius 2 is 1.69 bits per heavy atom. The summed E-state index contributed by atoms with van der Waals surface area (Å²) in [5.41, 5.74) is 6.40. The number of carbonyl (C=O) groups is 2. The van der Waals surface area contributed by atoms with Crippen LogP contribution in [-0.2, 0) is 0 Å². The van der Waals surface area contributed by atoms with Gasteiger partial charge in [0.1, 0.15) is 0 Å². The predicted octanol–water partition coefficient (Wildman–Crippen LogP) is 0.984. The number of rotatable bonds is 2. The van der Waals surface area contributed by atoms with Gasteiger partial charge in [-0.05, 0) is 29.3 Å². The largest absolute Gasteiger partial charge is 0.478 e. The molecule has 1 aliphatic carbocycles. The SMILES string of the molecule is NC(=O)c1cc(C(=O)O)c2ccnccc1-2. The number of hydrogen-bond acceptors (Lipinski definition) is 3. The normalized spacial score (nSPS) is 10.2. The van der Waals surface area contributed by atoms with E-state index in [-0.39, 0.29) is 11.1 Å². The van der Waals surface area contributed by atoms with E-state index in [1.807, 2.05) is 0 Å². The fourth-order valence-corrected chi connectivity index (χ4v) is 1.61. The molecule has 0 saturated heterocycles. The van der Waals surface area contributed by atoms with Crippen molar-refractivity contribution in [3.05, 3.63) is 41.7 Å². The van der Waals surface area contributed by atoms with Gasteiger partial charge in [0.05, 0.1) is 5.56 Å². The highest BCUT2D eigenvalue weighted by Crippen LogP contribution is 2.31. The summed E-state index contributed by atoms with van der Waals surface area (Å²) in [6, 6.07) is 4.41. The topological polar surface area (TPSA) is 93.3 Å². The molecule has 0 unspecified atom stereocenters. The number of carboxylic acids is 1. The Bertz CT molecular complexity index is 505. The molecule has 1 aliphatic heterocycles. The van der Waals surface area contributed by atoms with Crippen molar-refractivity contribution >= 4 is 11.9 Å². The van der Waals surface area contributed by atoms with E-state index in [1.165, 1.54) is 18.5 Å². The summed E-state index contributed by atoms with van der Waals surface area (Å²) < 4.78 is 0. The number of carboxylic acid groups (broad SMARTS) is 1. The molecule has 0 atom stereocenters. The molecule has 5 heteroatoms. The maximum atomic E-state index is 11.2.